The average molecular weight is 207 g/mol. The van der Waals surface area contributed by atoms with Crippen LogP contribution in [0.3, 0.4) is 0 Å². The van der Waals surface area contributed by atoms with E-state index in [9.17, 15) is 13.2 Å². The number of rotatable bonds is 1. The van der Waals surface area contributed by atoms with Crippen molar-refractivity contribution in [3.8, 4) is 6.07 Å². The lowest BCUT2D eigenvalue weighted by atomic mass is 10.1. The molecule has 0 unspecified atom stereocenters. The zero-order valence-corrected chi connectivity index (χ0v) is 6.82. The van der Waals surface area contributed by atoms with Crippen LogP contribution in [0.25, 0.3) is 0 Å². The minimum absolute atomic E-state index is 0.279. The minimum atomic E-state index is -3.10. The molecule has 0 saturated heterocycles. The second kappa shape index (κ2) is 3.62. The summed E-state index contributed by atoms with van der Waals surface area (Å²) in [6.45, 7) is 0. The van der Waals surface area contributed by atoms with Crippen LogP contribution >= 0.6 is 11.6 Å². The highest BCUT2D eigenvalue weighted by Crippen LogP contribution is 2.28. The Morgan fingerprint density at radius 1 is 1.54 bits per heavy atom. The lowest BCUT2D eigenvalue weighted by Crippen LogP contribution is -1.99. The minimum Gasteiger partial charge on any atom is -0.226 e. The van der Waals surface area contributed by atoms with Crippen LogP contribution in [0.5, 0.6) is 0 Å². The number of hydrogen-bond acceptors (Lipinski definition) is 2. The molecule has 0 fully saturated rings. The van der Waals surface area contributed by atoms with E-state index < -0.39 is 23.5 Å². The van der Waals surface area contributed by atoms with Gasteiger partial charge in [0.05, 0.1) is 22.3 Å². The van der Waals surface area contributed by atoms with E-state index in [1.54, 1.807) is 0 Å². The zero-order chi connectivity index (χ0) is 10.0. The van der Waals surface area contributed by atoms with Gasteiger partial charge in [-0.3, -0.25) is 0 Å². The lowest BCUT2D eigenvalue weighted by Gasteiger charge is -2.03. The van der Waals surface area contributed by atoms with Gasteiger partial charge in [-0.25, -0.2) is 13.8 Å². The summed E-state index contributed by atoms with van der Waals surface area (Å²) in [4.78, 5) is 2.98. The topological polar surface area (TPSA) is 36.7 Å². The summed E-state index contributed by atoms with van der Waals surface area (Å²) in [5.74, 6) is -1.36. The van der Waals surface area contributed by atoms with Crippen molar-refractivity contribution in [3.05, 3.63) is 28.3 Å². The fourth-order valence-corrected chi connectivity index (χ4v) is 0.985. The van der Waals surface area contributed by atoms with Gasteiger partial charge >= 0.3 is 0 Å². The Balaban J connectivity index is 3.46. The van der Waals surface area contributed by atoms with Gasteiger partial charge in [0.1, 0.15) is 6.07 Å². The maximum absolute atomic E-state index is 12.7. The Labute approximate surface area is 76.6 Å². The average Bonchev–Trinajstić information content (AvgIpc) is 2.07. The van der Waals surface area contributed by atoms with Crippen molar-refractivity contribution in [1.82, 2.24) is 4.98 Å². The first-order valence-electron chi connectivity index (χ1n) is 3.10. The predicted octanol–water partition coefficient (Wildman–Crippen LogP) is 2.68. The monoisotopic (exact) mass is 206 g/mol. The highest BCUT2D eigenvalue weighted by molar-refractivity contribution is 6.31. The molecule has 0 saturated carbocycles. The van der Waals surface area contributed by atoms with Crippen molar-refractivity contribution < 1.29 is 13.2 Å². The number of aromatic nitrogens is 1. The molecule has 1 rings (SSSR count). The number of nitrogens with zero attached hydrogens (tertiary/aromatic N) is 2. The maximum Gasteiger partial charge on any atom is 0.269 e. The number of alkyl halides is 2. The number of pyridine rings is 1. The first-order chi connectivity index (χ1) is 6.07. The third-order valence-corrected chi connectivity index (χ3v) is 1.64. The number of hydrogen-bond donors (Lipinski definition) is 0. The largest absolute Gasteiger partial charge is 0.269 e. The van der Waals surface area contributed by atoms with Crippen LogP contribution < -0.4 is 0 Å². The molecule has 0 aliphatic carbocycles. The summed E-state index contributed by atoms with van der Waals surface area (Å²) in [5.41, 5.74) is -1.61. The van der Waals surface area contributed by atoms with Gasteiger partial charge in [0.15, 0.2) is 0 Å². The van der Waals surface area contributed by atoms with Crippen LogP contribution in [0, 0.1) is 17.3 Å². The van der Waals surface area contributed by atoms with Gasteiger partial charge in [-0.15, -0.1) is 0 Å². The van der Waals surface area contributed by atoms with Gasteiger partial charge < -0.3 is 0 Å². The first-order valence-corrected chi connectivity index (χ1v) is 3.48. The third-order valence-electron chi connectivity index (χ3n) is 1.35. The SMILES string of the molecule is N#Cc1c(Cl)cnc(F)c1C(F)F. The van der Waals surface area contributed by atoms with E-state index in [0.717, 1.165) is 6.20 Å². The maximum atomic E-state index is 12.7. The van der Waals surface area contributed by atoms with E-state index in [2.05, 4.69) is 4.98 Å². The van der Waals surface area contributed by atoms with Crippen LogP contribution in [-0.4, -0.2) is 4.98 Å². The molecule has 2 nitrogen and oxygen atoms in total. The molecule has 68 valence electrons. The fraction of sp³-hybridized carbons (Fsp3) is 0.143. The summed E-state index contributed by atoms with van der Waals surface area (Å²) in [6, 6.07) is 1.39. The van der Waals surface area contributed by atoms with Gasteiger partial charge in [-0.1, -0.05) is 11.6 Å². The molecule has 0 aliphatic rings. The van der Waals surface area contributed by atoms with Crippen molar-refractivity contribution in [1.29, 1.82) is 5.26 Å². The van der Waals surface area contributed by atoms with Crippen LogP contribution in [0.4, 0.5) is 13.2 Å². The van der Waals surface area contributed by atoms with Crippen LogP contribution in [-0.2, 0) is 0 Å². The molecule has 0 atom stereocenters. The van der Waals surface area contributed by atoms with Gasteiger partial charge in [-0.2, -0.15) is 9.65 Å². The van der Waals surface area contributed by atoms with Gasteiger partial charge in [0, 0.05) is 0 Å². The lowest BCUT2D eigenvalue weighted by molar-refractivity contribution is 0.144. The molecule has 0 aromatic carbocycles. The molecule has 0 amide bonds. The fourth-order valence-electron chi connectivity index (χ4n) is 0.792. The highest BCUT2D eigenvalue weighted by atomic mass is 35.5. The zero-order valence-electron chi connectivity index (χ0n) is 6.06. The van der Waals surface area contributed by atoms with E-state index in [-0.39, 0.29) is 5.02 Å². The Kier molecular flexibility index (Phi) is 2.73. The van der Waals surface area contributed by atoms with E-state index >= 15 is 0 Å². The van der Waals surface area contributed by atoms with Gasteiger partial charge in [0.2, 0.25) is 5.95 Å². The molecule has 0 N–H and O–H groups in total. The summed E-state index contributed by atoms with van der Waals surface area (Å²) >= 11 is 5.36. The van der Waals surface area contributed by atoms with E-state index in [1.165, 1.54) is 6.07 Å². The standard InChI is InChI=1S/C7H2ClF3N2/c8-4-2-13-7(11)5(6(9)10)3(4)1-12/h2,6H. The van der Waals surface area contributed by atoms with Crippen molar-refractivity contribution >= 4 is 11.6 Å². The molecule has 0 spiro atoms. The van der Waals surface area contributed by atoms with E-state index in [4.69, 9.17) is 16.9 Å². The summed E-state index contributed by atoms with van der Waals surface area (Å²) in [5, 5.41) is 8.13. The molecule has 6 heteroatoms. The molecule has 1 heterocycles. The second-order valence-electron chi connectivity index (χ2n) is 2.10. The molecule has 1 aromatic rings. The number of halogens is 4. The van der Waals surface area contributed by atoms with E-state index in [1.807, 2.05) is 0 Å². The van der Waals surface area contributed by atoms with Gasteiger partial charge in [-0.05, 0) is 0 Å². The molecule has 0 bridgehead atoms. The van der Waals surface area contributed by atoms with Crippen LogP contribution in [0.2, 0.25) is 5.02 Å². The Morgan fingerprint density at radius 3 is 2.54 bits per heavy atom. The summed E-state index contributed by atoms with van der Waals surface area (Å²) in [7, 11) is 0. The molecule has 0 radical (unpaired) electrons. The van der Waals surface area contributed by atoms with Crippen molar-refractivity contribution in [2.75, 3.05) is 0 Å². The smallest absolute Gasteiger partial charge is 0.226 e. The quantitative estimate of drug-likeness (QED) is 0.663. The normalized spacial score (nSPS) is 10.2. The van der Waals surface area contributed by atoms with Crippen molar-refractivity contribution in [2.24, 2.45) is 0 Å². The third kappa shape index (κ3) is 1.73. The van der Waals surface area contributed by atoms with E-state index in [0.29, 0.717) is 0 Å². The molecule has 0 aliphatic heterocycles. The molecule has 13 heavy (non-hydrogen) atoms. The Bertz CT molecular complexity index is 373. The number of nitriles is 1. The molecular formula is C7H2ClF3N2. The molecular weight excluding hydrogens is 205 g/mol. The van der Waals surface area contributed by atoms with Crippen LogP contribution in [0.1, 0.15) is 17.6 Å². The Hall–Kier alpha value is -1.28. The summed E-state index contributed by atoms with van der Waals surface area (Å²) < 4.78 is 37.0. The molecule has 1 aromatic heterocycles. The highest BCUT2D eigenvalue weighted by Gasteiger charge is 2.21. The van der Waals surface area contributed by atoms with Gasteiger partial charge in [0.25, 0.3) is 6.43 Å². The summed E-state index contributed by atoms with van der Waals surface area (Å²) in [6.07, 6.45) is -2.28. The second-order valence-corrected chi connectivity index (χ2v) is 2.51. The predicted molar refractivity (Wildman–Crippen MR) is 38.9 cm³/mol. The first kappa shape index (κ1) is 9.81. The van der Waals surface area contributed by atoms with Crippen molar-refractivity contribution in [3.63, 3.8) is 0 Å². The Morgan fingerprint density at radius 2 is 2.15 bits per heavy atom. The van der Waals surface area contributed by atoms with Crippen LogP contribution in [0.15, 0.2) is 6.20 Å². The van der Waals surface area contributed by atoms with Crippen molar-refractivity contribution in [2.45, 2.75) is 6.43 Å².